The molecular weight excluding hydrogens is 248 g/mol. The molecule has 1 aromatic rings. The van der Waals surface area contributed by atoms with E-state index in [0.29, 0.717) is 10.6 Å². The standard InChI is InChI=1S/C14H15ClN2O/c15-12-7-11(2-1-10(12)8-16)18-14-5-3-13(17,9-14)4-6-14/h1-2,7H,3-6,9,17H2. The molecule has 2 fully saturated rings. The van der Waals surface area contributed by atoms with E-state index >= 15 is 0 Å². The summed E-state index contributed by atoms with van der Waals surface area (Å²) in [6.07, 6.45) is 5.04. The molecular formula is C14H15ClN2O. The molecule has 0 aromatic heterocycles. The van der Waals surface area contributed by atoms with Crippen LogP contribution in [0.15, 0.2) is 18.2 Å². The lowest BCUT2D eigenvalue weighted by Gasteiger charge is -2.28. The van der Waals surface area contributed by atoms with Gasteiger partial charge in [-0.3, -0.25) is 0 Å². The molecule has 1 aromatic carbocycles. The molecule has 2 aliphatic carbocycles. The second-order valence-electron chi connectivity index (χ2n) is 5.58. The molecule has 3 rings (SSSR count). The van der Waals surface area contributed by atoms with Crippen LogP contribution in [0.2, 0.25) is 5.02 Å². The molecule has 0 atom stereocenters. The van der Waals surface area contributed by atoms with Crippen molar-refractivity contribution in [2.75, 3.05) is 0 Å². The molecule has 0 spiro atoms. The van der Waals surface area contributed by atoms with Crippen molar-refractivity contribution in [2.24, 2.45) is 5.73 Å². The zero-order valence-corrected chi connectivity index (χ0v) is 10.8. The van der Waals surface area contributed by atoms with Gasteiger partial charge in [0.05, 0.1) is 10.6 Å². The van der Waals surface area contributed by atoms with Crippen molar-refractivity contribution >= 4 is 11.6 Å². The Balaban J connectivity index is 1.82. The van der Waals surface area contributed by atoms with Gasteiger partial charge in [-0.15, -0.1) is 0 Å². The third-order valence-corrected chi connectivity index (χ3v) is 4.54. The highest BCUT2D eigenvalue weighted by atomic mass is 35.5. The van der Waals surface area contributed by atoms with Crippen LogP contribution in [0.3, 0.4) is 0 Å². The molecule has 2 bridgehead atoms. The van der Waals surface area contributed by atoms with E-state index in [4.69, 9.17) is 27.3 Å². The second-order valence-corrected chi connectivity index (χ2v) is 5.98. The van der Waals surface area contributed by atoms with Crippen LogP contribution in [0.5, 0.6) is 5.75 Å². The molecule has 0 radical (unpaired) electrons. The Hall–Kier alpha value is -1.24. The van der Waals surface area contributed by atoms with Gasteiger partial charge in [0, 0.05) is 18.0 Å². The Labute approximate surface area is 111 Å². The topological polar surface area (TPSA) is 59.0 Å². The predicted octanol–water partition coefficient (Wildman–Crippen LogP) is 3.00. The molecule has 2 saturated carbocycles. The molecule has 2 N–H and O–H groups in total. The normalized spacial score (nSPS) is 33.4. The number of rotatable bonds is 2. The zero-order chi connectivity index (χ0) is 12.8. The van der Waals surface area contributed by atoms with Crippen molar-refractivity contribution in [1.82, 2.24) is 0 Å². The van der Waals surface area contributed by atoms with E-state index in [-0.39, 0.29) is 11.1 Å². The fourth-order valence-electron chi connectivity index (χ4n) is 3.24. The van der Waals surface area contributed by atoms with Crippen LogP contribution in [0.1, 0.15) is 37.7 Å². The van der Waals surface area contributed by atoms with Gasteiger partial charge < -0.3 is 10.5 Å². The Kier molecular flexibility index (Phi) is 2.55. The van der Waals surface area contributed by atoms with Gasteiger partial charge in [-0.25, -0.2) is 0 Å². The van der Waals surface area contributed by atoms with Gasteiger partial charge in [-0.05, 0) is 37.8 Å². The Morgan fingerprint density at radius 3 is 2.50 bits per heavy atom. The Morgan fingerprint density at radius 2 is 2.00 bits per heavy atom. The summed E-state index contributed by atoms with van der Waals surface area (Å²) >= 11 is 6.01. The van der Waals surface area contributed by atoms with Crippen LogP contribution in [-0.2, 0) is 0 Å². The van der Waals surface area contributed by atoms with Gasteiger partial charge in [0.1, 0.15) is 17.4 Å². The fraction of sp³-hybridized carbons (Fsp3) is 0.500. The highest BCUT2D eigenvalue weighted by molar-refractivity contribution is 6.31. The molecule has 0 aliphatic heterocycles. The maximum atomic E-state index is 8.84. The van der Waals surface area contributed by atoms with Crippen molar-refractivity contribution in [3.8, 4) is 11.8 Å². The first kappa shape index (κ1) is 11.8. The average Bonchev–Trinajstić information content (AvgIpc) is 2.82. The molecule has 4 heteroatoms. The number of nitriles is 1. The van der Waals surface area contributed by atoms with Crippen LogP contribution < -0.4 is 10.5 Å². The van der Waals surface area contributed by atoms with E-state index in [1.54, 1.807) is 12.1 Å². The van der Waals surface area contributed by atoms with Crippen LogP contribution >= 0.6 is 11.6 Å². The number of ether oxygens (including phenoxy) is 1. The maximum absolute atomic E-state index is 8.84. The molecule has 94 valence electrons. The quantitative estimate of drug-likeness (QED) is 0.891. The second kappa shape index (κ2) is 3.88. The largest absolute Gasteiger partial charge is 0.487 e. The molecule has 0 saturated heterocycles. The smallest absolute Gasteiger partial charge is 0.121 e. The number of fused-ring (bicyclic) bond motifs is 2. The van der Waals surface area contributed by atoms with Gasteiger partial charge in [-0.1, -0.05) is 11.6 Å². The van der Waals surface area contributed by atoms with E-state index < -0.39 is 0 Å². The number of nitrogens with two attached hydrogens (primary N) is 1. The lowest BCUT2D eigenvalue weighted by Crippen LogP contribution is -2.33. The number of hydrogen-bond donors (Lipinski definition) is 1. The third-order valence-electron chi connectivity index (χ3n) is 4.23. The molecule has 2 aliphatic rings. The summed E-state index contributed by atoms with van der Waals surface area (Å²) in [4.78, 5) is 0. The van der Waals surface area contributed by atoms with Gasteiger partial charge in [0.15, 0.2) is 0 Å². The molecule has 0 unspecified atom stereocenters. The highest BCUT2D eigenvalue weighted by Crippen LogP contribution is 2.51. The van der Waals surface area contributed by atoms with E-state index in [0.717, 1.165) is 37.9 Å². The van der Waals surface area contributed by atoms with Crippen molar-refractivity contribution in [2.45, 2.75) is 43.2 Å². The Bertz CT molecular complexity index is 527. The number of benzene rings is 1. The van der Waals surface area contributed by atoms with Gasteiger partial charge in [0.25, 0.3) is 0 Å². The molecule has 0 heterocycles. The number of hydrogen-bond acceptors (Lipinski definition) is 3. The minimum Gasteiger partial charge on any atom is -0.487 e. The van der Waals surface area contributed by atoms with Gasteiger partial charge >= 0.3 is 0 Å². The first-order valence-electron chi connectivity index (χ1n) is 6.22. The van der Waals surface area contributed by atoms with Crippen LogP contribution in [0.25, 0.3) is 0 Å². The zero-order valence-electron chi connectivity index (χ0n) is 10.1. The highest BCUT2D eigenvalue weighted by Gasteiger charge is 2.54. The summed E-state index contributed by atoms with van der Waals surface area (Å²) < 4.78 is 6.13. The Morgan fingerprint density at radius 1 is 1.28 bits per heavy atom. The van der Waals surface area contributed by atoms with Crippen molar-refractivity contribution in [3.05, 3.63) is 28.8 Å². The third kappa shape index (κ3) is 1.86. The molecule has 18 heavy (non-hydrogen) atoms. The minimum atomic E-state index is -0.105. The van der Waals surface area contributed by atoms with E-state index in [2.05, 4.69) is 0 Å². The van der Waals surface area contributed by atoms with Gasteiger partial charge in [0.2, 0.25) is 0 Å². The van der Waals surface area contributed by atoms with Crippen molar-refractivity contribution in [3.63, 3.8) is 0 Å². The first-order chi connectivity index (χ1) is 8.54. The summed E-state index contributed by atoms with van der Waals surface area (Å²) in [5.74, 6) is 0.741. The molecule has 0 amide bonds. The van der Waals surface area contributed by atoms with Crippen LogP contribution in [-0.4, -0.2) is 11.1 Å². The maximum Gasteiger partial charge on any atom is 0.121 e. The summed E-state index contributed by atoms with van der Waals surface area (Å²) in [6.45, 7) is 0. The lowest BCUT2D eigenvalue weighted by molar-refractivity contribution is 0.0803. The van der Waals surface area contributed by atoms with E-state index in [9.17, 15) is 0 Å². The van der Waals surface area contributed by atoms with Gasteiger partial charge in [-0.2, -0.15) is 5.26 Å². The summed E-state index contributed by atoms with van der Waals surface area (Å²) in [7, 11) is 0. The first-order valence-corrected chi connectivity index (χ1v) is 6.60. The van der Waals surface area contributed by atoms with E-state index in [1.165, 1.54) is 0 Å². The summed E-state index contributed by atoms with van der Waals surface area (Å²) in [5.41, 5.74) is 6.62. The summed E-state index contributed by atoms with van der Waals surface area (Å²) in [6, 6.07) is 7.29. The number of halogens is 1. The average molecular weight is 263 g/mol. The minimum absolute atomic E-state index is 0.0175. The van der Waals surface area contributed by atoms with Crippen molar-refractivity contribution in [1.29, 1.82) is 5.26 Å². The van der Waals surface area contributed by atoms with E-state index in [1.807, 2.05) is 12.1 Å². The number of nitrogens with zero attached hydrogens (tertiary/aromatic N) is 1. The SMILES string of the molecule is N#Cc1ccc(OC23CCC(N)(CC2)C3)cc1Cl. The predicted molar refractivity (Wildman–Crippen MR) is 69.5 cm³/mol. The van der Waals surface area contributed by atoms with Crippen molar-refractivity contribution < 1.29 is 4.74 Å². The van der Waals surface area contributed by atoms with Crippen LogP contribution in [0, 0.1) is 11.3 Å². The summed E-state index contributed by atoms with van der Waals surface area (Å²) in [5, 5.41) is 9.28. The lowest BCUT2D eigenvalue weighted by atomic mass is 9.93. The van der Waals surface area contributed by atoms with Crippen LogP contribution in [0.4, 0.5) is 0 Å². The molecule has 3 nitrogen and oxygen atoms in total. The fourth-order valence-corrected chi connectivity index (χ4v) is 3.45. The monoisotopic (exact) mass is 262 g/mol.